The molecule has 110 valence electrons. The Balaban J connectivity index is 2.01. The summed E-state index contributed by atoms with van der Waals surface area (Å²) in [5.74, 6) is 0. The van der Waals surface area contributed by atoms with Gasteiger partial charge in [-0.3, -0.25) is 4.98 Å². The van der Waals surface area contributed by atoms with Crippen molar-refractivity contribution in [1.29, 1.82) is 0 Å². The Morgan fingerprint density at radius 1 is 1.10 bits per heavy atom. The number of aliphatic hydroxyl groups is 1. The Bertz CT molecular complexity index is 574. The highest BCUT2D eigenvalue weighted by molar-refractivity contribution is 5.32. The first kappa shape index (κ1) is 14.2. The van der Waals surface area contributed by atoms with E-state index >= 15 is 0 Å². The smallest absolute Gasteiger partial charge is 0.0903 e. The first-order valence-corrected chi connectivity index (χ1v) is 7.46. The van der Waals surface area contributed by atoms with Gasteiger partial charge in [0.2, 0.25) is 0 Å². The lowest BCUT2D eigenvalue weighted by molar-refractivity contribution is -0.0172. The molecule has 0 amide bonds. The maximum absolute atomic E-state index is 11.0. The standard InChI is InChI=1S/C18H21NO2/c1-14-7-8-15(13-19-14)17(20)18(9-11-21-12-10-18)16-5-3-2-4-6-16/h2-8,13,17,20H,9-12H2,1H3. The van der Waals surface area contributed by atoms with Crippen LogP contribution in [0.2, 0.25) is 0 Å². The second-order valence-corrected chi connectivity index (χ2v) is 5.77. The summed E-state index contributed by atoms with van der Waals surface area (Å²) < 4.78 is 5.52. The Labute approximate surface area is 125 Å². The van der Waals surface area contributed by atoms with Crippen LogP contribution in [0.15, 0.2) is 48.7 Å². The first-order chi connectivity index (χ1) is 10.2. The van der Waals surface area contributed by atoms with Crippen molar-refractivity contribution in [2.45, 2.75) is 31.3 Å². The zero-order valence-corrected chi connectivity index (χ0v) is 12.3. The molecule has 3 heteroatoms. The molecule has 1 aromatic carbocycles. The van der Waals surface area contributed by atoms with Crippen LogP contribution < -0.4 is 0 Å². The van der Waals surface area contributed by atoms with Crippen LogP contribution in [0.25, 0.3) is 0 Å². The average molecular weight is 283 g/mol. The van der Waals surface area contributed by atoms with Gasteiger partial charge >= 0.3 is 0 Å². The molecule has 2 heterocycles. The van der Waals surface area contributed by atoms with E-state index in [0.717, 1.165) is 24.1 Å². The lowest BCUT2D eigenvalue weighted by atomic mass is 9.68. The molecule has 1 aliphatic heterocycles. The van der Waals surface area contributed by atoms with Gasteiger partial charge in [-0.25, -0.2) is 0 Å². The molecule has 0 radical (unpaired) electrons. The summed E-state index contributed by atoms with van der Waals surface area (Å²) >= 11 is 0. The SMILES string of the molecule is Cc1ccc(C(O)C2(c3ccccc3)CCOCC2)cn1. The maximum Gasteiger partial charge on any atom is 0.0903 e. The minimum absolute atomic E-state index is 0.281. The second-order valence-electron chi connectivity index (χ2n) is 5.77. The van der Waals surface area contributed by atoms with Crippen molar-refractivity contribution in [1.82, 2.24) is 4.98 Å². The number of hydrogen-bond acceptors (Lipinski definition) is 3. The fourth-order valence-corrected chi connectivity index (χ4v) is 3.19. The Morgan fingerprint density at radius 3 is 2.43 bits per heavy atom. The fourth-order valence-electron chi connectivity index (χ4n) is 3.19. The molecule has 1 saturated heterocycles. The summed E-state index contributed by atoms with van der Waals surface area (Å²) in [5, 5.41) is 11.0. The molecule has 1 fully saturated rings. The Hall–Kier alpha value is -1.71. The van der Waals surface area contributed by atoms with Crippen molar-refractivity contribution >= 4 is 0 Å². The van der Waals surface area contributed by atoms with Crippen molar-refractivity contribution < 1.29 is 9.84 Å². The van der Waals surface area contributed by atoms with Crippen LogP contribution in [0, 0.1) is 6.92 Å². The number of aryl methyl sites for hydroxylation is 1. The van der Waals surface area contributed by atoms with E-state index < -0.39 is 6.10 Å². The molecule has 1 atom stereocenters. The van der Waals surface area contributed by atoms with Crippen molar-refractivity contribution in [3.05, 3.63) is 65.5 Å². The second kappa shape index (κ2) is 5.96. The molecule has 1 aromatic heterocycles. The summed E-state index contributed by atoms with van der Waals surface area (Å²) in [6.45, 7) is 3.33. The van der Waals surface area contributed by atoms with Crippen LogP contribution >= 0.6 is 0 Å². The molecule has 21 heavy (non-hydrogen) atoms. The van der Waals surface area contributed by atoms with Gasteiger partial charge < -0.3 is 9.84 Å². The van der Waals surface area contributed by atoms with Crippen LogP contribution in [-0.2, 0) is 10.2 Å². The largest absolute Gasteiger partial charge is 0.387 e. The van der Waals surface area contributed by atoms with Crippen LogP contribution in [0.3, 0.4) is 0 Å². The lowest BCUT2D eigenvalue weighted by Crippen LogP contribution is -2.39. The molecule has 3 nitrogen and oxygen atoms in total. The van der Waals surface area contributed by atoms with E-state index in [1.807, 2.05) is 37.3 Å². The molecule has 0 aliphatic carbocycles. The zero-order valence-electron chi connectivity index (χ0n) is 12.3. The number of rotatable bonds is 3. The van der Waals surface area contributed by atoms with Crippen LogP contribution in [0.1, 0.15) is 35.8 Å². The van der Waals surface area contributed by atoms with Crippen molar-refractivity contribution in [2.75, 3.05) is 13.2 Å². The third-order valence-corrected chi connectivity index (χ3v) is 4.51. The maximum atomic E-state index is 11.0. The van der Waals surface area contributed by atoms with Gasteiger partial charge in [0, 0.05) is 30.5 Å². The van der Waals surface area contributed by atoms with E-state index in [0.29, 0.717) is 13.2 Å². The number of hydrogen-bond donors (Lipinski definition) is 1. The van der Waals surface area contributed by atoms with Gasteiger partial charge in [0.15, 0.2) is 0 Å². The molecule has 0 saturated carbocycles. The highest BCUT2D eigenvalue weighted by Crippen LogP contribution is 2.44. The number of aromatic nitrogens is 1. The molecule has 0 bridgehead atoms. The first-order valence-electron chi connectivity index (χ1n) is 7.46. The molecular weight excluding hydrogens is 262 g/mol. The number of nitrogens with zero attached hydrogens (tertiary/aromatic N) is 1. The summed E-state index contributed by atoms with van der Waals surface area (Å²) in [6.07, 6.45) is 2.88. The van der Waals surface area contributed by atoms with Gasteiger partial charge in [0.05, 0.1) is 6.10 Å². The monoisotopic (exact) mass is 283 g/mol. The molecule has 0 spiro atoms. The van der Waals surface area contributed by atoms with Gasteiger partial charge in [-0.2, -0.15) is 0 Å². The van der Waals surface area contributed by atoms with Crippen molar-refractivity contribution in [3.8, 4) is 0 Å². The zero-order chi connectivity index (χ0) is 14.7. The summed E-state index contributed by atoms with van der Waals surface area (Å²) in [5.41, 5.74) is 2.75. The third kappa shape index (κ3) is 2.71. The van der Waals surface area contributed by atoms with Crippen LogP contribution in [0.4, 0.5) is 0 Å². The van der Waals surface area contributed by atoms with E-state index in [9.17, 15) is 5.11 Å². The molecule has 1 unspecified atom stereocenters. The van der Waals surface area contributed by atoms with E-state index in [4.69, 9.17) is 4.74 Å². The summed E-state index contributed by atoms with van der Waals surface area (Å²) in [7, 11) is 0. The van der Waals surface area contributed by atoms with E-state index in [1.54, 1.807) is 6.20 Å². The van der Waals surface area contributed by atoms with Crippen LogP contribution in [0.5, 0.6) is 0 Å². The number of aliphatic hydroxyl groups excluding tert-OH is 1. The summed E-state index contributed by atoms with van der Waals surface area (Å²) in [4.78, 5) is 4.33. The van der Waals surface area contributed by atoms with Crippen LogP contribution in [-0.4, -0.2) is 23.3 Å². The van der Waals surface area contributed by atoms with Gasteiger partial charge in [0.25, 0.3) is 0 Å². The predicted octanol–water partition coefficient (Wildman–Crippen LogP) is 3.17. The average Bonchev–Trinajstić information content (AvgIpc) is 2.56. The summed E-state index contributed by atoms with van der Waals surface area (Å²) in [6, 6.07) is 14.2. The Morgan fingerprint density at radius 2 is 1.81 bits per heavy atom. The number of ether oxygens (including phenoxy) is 1. The Kier molecular flexibility index (Phi) is 4.04. The van der Waals surface area contributed by atoms with Gasteiger partial charge in [-0.05, 0) is 37.0 Å². The normalized spacial score (nSPS) is 19.1. The third-order valence-electron chi connectivity index (χ3n) is 4.51. The minimum atomic E-state index is -0.558. The van der Waals surface area contributed by atoms with E-state index in [2.05, 4.69) is 17.1 Å². The molecular formula is C18H21NO2. The van der Waals surface area contributed by atoms with Crippen molar-refractivity contribution in [2.24, 2.45) is 0 Å². The molecule has 1 aliphatic rings. The predicted molar refractivity (Wildman–Crippen MR) is 82.1 cm³/mol. The highest BCUT2D eigenvalue weighted by atomic mass is 16.5. The molecule has 3 rings (SSSR count). The fraction of sp³-hybridized carbons (Fsp3) is 0.389. The van der Waals surface area contributed by atoms with E-state index in [-0.39, 0.29) is 5.41 Å². The van der Waals surface area contributed by atoms with Crippen molar-refractivity contribution in [3.63, 3.8) is 0 Å². The minimum Gasteiger partial charge on any atom is -0.387 e. The molecule has 2 aromatic rings. The van der Waals surface area contributed by atoms with Gasteiger partial charge in [-0.1, -0.05) is 36.4 Å². The topological polar surface area (TPSA) is 42.4 Å². The van der Waals surface area contributed by atoms with Gasteiger partial charge in [0.1, 0.15) is 0 Å². The number of benzene rings is 1. The lowest BCUT2D eigenvalue weighted by Gasteiger charge is -2.41. The van der Waals surface area contributed by atoms with Gasteiger partial charge in [-0.15, -0.1) is 0 Å². The highest BCUT2D eigenvalue weighted by Gasteiger charge is 2.41. The van der Waals surface area contributed by atoms with E-state index in [1.165, 1.54) is 5.56 Å². The number of pyridine rings is 1. The quantitative estimate of drug-likeness (QED) is 0.940. The molecule has 1 N–H and O–H groups in total.